The van der Waals surface area contributed by atoms with E-state index in [1.807, 2.05) is 36.5 Å². The van der Waals surface area contributed by atoms with Crippen LogP contribution in [0.25, 0.3) is 5.69 Å². The minimum Gasteiger partial charge on any atom is -0.482 e. The van der Waals surface area contributed by atoms with Crippen LogP contribution in [0.3, 0.4) is 0 Å². The topological polar surface area (TPSA) is 117 Å². The van der Waals surface area contributed by atoms with Gasteiger partial charge in [-0.15, -0.1) is 0 Å². The van der Waals surface area contributed by atoms with Gasteiger partial charge in [-0.3, -0.25) is 10.1 Å². The van der Waals surface area contributed by atoms with Crippen LogP contribution in [0.2, 0.25) is 0 Å². The molecule has 0 spiro atoms. The molecule has 4 rings (SSSR count). The summed E-state index contributed by atoms with van der Waals surface area (Å²) in [5.74, 6) is 0.00193. The van der Waals surface area contributed by atoms with Crippen LogP contribution in [0.15, 0.2) is 65.8 Å². The Hall–Kier alpha value is -3.28. The number of morpholine rings is 1. The predicted molar refractivity (Wildman–Crippen MR) is 111 cm³/mol. The number of hydrogen-bond donors (Lipinski definition) is 0. The van der Waals surface area contributed by atoms with Crippen molar-refractivity contribution >= 4 is 15.7 Å². The van der Waals surface area contributed by atoms with E-state index < -0.39 is 20.6 Å². The van der Waals surface area contributed by atoms with Gasteiger partial charge in [0.2, 0.25) is 10.0 Å². The molecule has 0 unspecified atom stereocenters. The number of sulfonamides is 1. The molecule has 2 heterocycles. The molecule has 0 saturated carbocycles. The maximum atomic E-state index is 12.8. The summed E-state index contributed by atoms with van der Waals surface area (Å²) in [6.07, 6.45) is 3.50. The Morgan fingerprint density at radius 3 is 2.52 bits per heavy atom. The van der Waals surface area contributed by atoms with Gasteiger partial charge in [-0.1, -0.05) is 12.1 Å². The lowest BCUT2D eigenvalue weighted by Crippen LogP contribution is -2.40. The molecule has 1 aliphatic heterocycles. The molecule has 1 fully saturated rings. The highest BCUT2D eigenvalue weighted by atomic mass is 32.2. The van der Waals surface area contributed by atoms with Gasteiger partial charge in [0.15, 0.2) is 5.75 Å². The lowest BCUT2D eigenvalue weighted by atomic mass is 10.2. The lowest BCUT2D eigenvalue weighted by molar-refractivity contribution is -0.386. The molecule has 0 radical (unpaired) electrons. The molecular weight excluding hydrogens is 424 g/mol. The van der Waals surface area contributed by atoms with Gasteiger partial charge in [0.05, 0.1) is 28.7 Å². The minimum atomic E-state index is -3.84. The molecule has 1 saturated heterocycles. The maximum Gasteiger partial charge on any atom is 0.312 e. The first-order chi connectivity index (χ1) is 14.9. The summed E-state index contributed by atoms with van der Waals surface area (Å²) in [5.41, 5.74) is 1.27. The van der Waals surface area contributed by atoms with Crippen LogP contribution < -0.4 is 4.74 Å². The first kappa shape index (κ1) is 21.0. The number of hydrogen-bond acceptors (Lipinski definition) is 7. The Labute approximate surface area is 178 Å². The zero-order valence-corrected chi connectivity index (χ0v) is 17.3. The van der Waals surface area contributed by atoms with Crippen LogP contribution in [0.5, 0.6) is 5.75 Å². The molecule has 11 heteroatoms. The van der Waals surface area contributed by atoms with Gasteiger partial charge in [0.25, 0.3) is 0 Å². The largest absolute Gasteiger partial charge is 0.482 e. The predicted octanol–water partition coefficient (Wildman–Crippen LogP) is 2.38. The molecule has 0 N–H and O–H groups in total. The lowest BCUT2D eigenvalue weighted by Gasteiger charge is -2.26. The van der Waals surface area contributed by atoms with E-state index in [1.54, 1.807) is 10.9 Å². The van der Waals surface area contributed by atoms with E-state index in [0.717, 1.165) is 17.3 Å². The molecule has 162 valence electrons. The van der Waals surface area contributed by atoms with Crippen LogP contribution in [-0.2, 0) is 21.4 Å². The summed E-state index contributed by atoms with van der Waals surface area (Å²) in [5, 5.41) is 15.7. The molecule has 10 nitrogen and oxygen atoms in total. The van der Waals surface area contributed by atoms with Gasteiger partial charge in [-0.2, -0.15) is 9.40 Å². The molecule has 3 aromatic rings. The second kappa shape index (κ2) is 8.84. The van der Waals surface area contributed by atoms with Crippen LogP contribution in [0.4, 0.5) is 5.69 Å². The average Bonchev–Trinajstić information content (AvgIpc) is 3.33. The van der Waals surface area contributed by atoms with Crippen LogP contribution in [0, 0.1) is 10.1 Å². The minimum absolute atomic E-state index is 0.00193. The third-order valence-corrected chi connectivity index (χ3v) is 6.73. The number of rotatable bonds is 7. The van der Waals surface area contributed by atoms with Gasteiger partial charge in [0, 0.05) is 31.5 Å². The smallest absolute Gasteiger partial charge is 0.312 e. The first-order valence-electron chi connectivity index (χ1n) is 9.53. The van der Waals surface area contributed by atoms with E-state index >= 15 is 0 Å². The summed E-state index contributed by atoms with van der Waals surface area (Å²) in [7, 11) is -3.84. The Morgan fingerprint density at radius 1 is 1.13 bits per heavy atom. The molecule has 2 aromatic carbocycles. The fourth-order valence-electron chi connectivity index (χ4n) is 3.19. The first-order valence-corrected chi connectivity index (χ1v) is 11.0. The van der Waals surface area contributed by atoms with E-state index in [1.165, 1.54) is 16.4 Å². The van der Waals surface area contributed by atoms with Crippen molar-refractivity contribution in [2.75, 3.05) is 26.3 Å². The van der Waals surface area contributed by atoms with Gasteiger partial charge >= 0.3 is 5.69 Å². The zero-order chi connectivity index (χ0) is 21.8. The molecule has 0 aliphatic carbocycles. The molecular formula is C20H20N4O6S. The number of benzene rings is 2. The van der Waals surface area contributed by atoms with Gasteiger partial charge in [-0.05, 0) is 35.9 Å². The summed E-state index contributed by atoms with van der Waals surface area (Å²) >= 11 is 0. The number of nitro benzene ring substituents is 1. The SMILES string of the molecule is O=[N+]([O-])c1cc(S(=O)(=O)N2CCOCC2)ccc1OCc1ccc(-n2cccn2)cc1. The fraction of sp³-hybridized carbons (Fsp3) is 0.250. The Balaban J connectivity index is 1.51. The molecule has 0 bridgehead atoms. The third-order valence-electron chi connectivity index (χ3n) is 4.83. The standard InChI is InChI=1S/C20H20N4O6S/c25-24(26)19-14-18(31(27,28)22-10-12-29-13-11-22)6-7-20(19)30-15-16-2-4-17(5-3-16)23-9-1-8-21-23/h1-9,14H,10-13,15H2. The average molecular weight is 444 g/mol. The number of nitro groups is 1. The molecule has 1 aliphatic rings. The van der Waals surface area contributed by atoms with Crippen LogP contribution in [0.1, 0.15) is 5.56 Å². The number of aromatic nitrogens is 2. The van der Waals surface area contributed by atoms with E-state index in [4.69, 9.17) is 9.47 Å². The monoisotopic (exact) mass is 444 g/mol. The van der Waals surface area contributed by atoms with Crippen molar-refractivity contribution in [2.45, 2.75) is 11.5 Å². The van der Waals surface area contributed by atoms with Crippen molar-refractivity contribution in [1.29, 1.82) is 0 Å². The summed E-state index contributed by atoms with van der Waals surface area (Å²) in [6.45, 7) is 1.10. The summed E-state index contributed by atoms with van der Waals surface area (Å²) < 4.78 is 39.3. The zero-order valence-electron chi connectivity index (χ0n) is 16.5. The second-order valence-corrected chi connectivity index (χ2v) is 8.75. The van der Waals surface area contributed by atoms with Crippen molar-refractivity contribution in [3.05, 3.63) is 76.6 Å². The van der Waals surface area contributed by atoms with Crippen LogP contribution in [-0.4, -0.2) is 53.7 Å². The Kier molecular flexibility index (Phi) is 5.98. The van der Waals surface area contributed by atoms with Gasteiger partial charge in [0.1, 0.15) is 6.61 Å². The van der Waals surface area contributed by atoms with Crippen molar-refractivity contribution in [3.8, 4) is 11.4 Å². The van der Waals surface area contributed by atoms with Crippen LogP contribution >= 0.6 is 0 Å². The highest BCUT2D eigenvalue weighted by molar-refractivity contribution is 7.89. The highest BCUT2D eigenvalue weighted by Gasteiger charge is 2.29. The van der Waals surface area contributed by atoms with E-state index in [2.05, 4.69) is 5.10 Å². The number of nitrogens with zero attached hydrogens (tertiary/aromatic N) is 4. The van der Waals surface area contributed by atoms with Crippen molar-refractivity contribution < 1.29 is 22.8 Å². The summed E-state index contributed by atoms with van der Waals surface area (Å²) in [4.78, 5) is 10.8. The van der Waals surface area contributed by atoms with E-state index in [9.17, 15) is 18.5 Å². The molecule has 0 amide bonds. The molecule has 1 aromatic heterocycles. The van der Waals surface area contributed by atoms with Crippen molar-refractivity contribution in [2.24, 2.45) is 0 Å². The van der Waals surface area contributed by atoms with Gasteiger partial charge in [-0.25, -0.2) is 13.1 Å². The van der Waals surface area contributed by atoms with E-state index in [-0.39, 0.29) is 30.3 Å². The second-order valence-electron chi connectivity index (χ2n) is 6.81. The highest BCUT2D eigenvalue weighted by Crippen LogP contribution is 2.31. The normalized spacial score (nSPS) is 15.0. The Morgan fingerprint density at radius 2 is 1.87 bits per heavy atom. The summed E-state index contributed by atoms with van der Waals surface area (Å²) in [6, 6.07) is 12.9. The quantitative estimate of drug-likeness (QED) is 0.406. The molecule has 0 atom stereocenters. The van der Waals surface area contributed by atoms with Crippen molar-refractivity contribution in [3.63, 3.8) is 0 Å². The number of ether oxygens (including phenoxy) is 2. The van der Waals surface area contributed by atoms with Crippen molar-refractivity contribution in [1.82, 2.24) is 14.1 Å². The van der Waals surface area contributed by atoms with E-state index in [0.29, 0.717) is 13.2 Å². The third kappa shape index (κ3) is 4.58. The molecule has 31 heavy (non-hydrogen) atoms. The van der Waals surface area contributed by atoms with Gasteiger partial charge < -0.3 is 9.47 Å². The Bertz CT molecular complexity index is 1160. The maximum absolute atomic E-state index is 12.8. The fourth-order valence-corrected chi connectivity index (χ4v) is 4.61.